The van der Waals surface area contributed by atoms with Gasteiger partial charge in [-0.2, -0.15) is 0 Å². The van der Waals surface area contributed by atoms with Crippen LogP contribution in [0.15, 0.2) is 42.5 Å². The molecule has 1 fully saturated rings. The summed E-state index contributed by atoms with van der Waals surface area (Å²) in [6.45, 7) is 2.50. The second kappa shape index (κ2) is 7.14. The number of benzene rings is 2. The highest BCUT2D eigenvalue weighted by molar-refractivity contribution is 6.00. The molecule has 1 N–H and O–H groups in total. The van der Waals surface area contributed by atoms with Gasteiger partial charge in [-0.15, -0.1) is 0 Å². The fourth-order valence-electron chi connectivity index (χ4n) is 3.59. The first-order valence-electron chi connectivity index (χ1n) is 9.51. The van der Waals surface area contributed by atoms with Crippen LogP contribution in [0.2, 0.25) is 0 Å². The normalized spacial score (nSPS) is 16.7. The lowest BCUT2D eigenvalue weighted by molar-refractivity contribution is -0.120. The minimum Gasteiger partial charge on any atom is -0.326 e. The van der Waals surface area contributed by atoms with Crippen molar-refractivity contribution in [3.05, 3.63) is 59.4 Å². The third-order valence-electron chi connectivity index (χ3n) is 5.37. The maximum Gasteiger partial charge on any atom is 0.230 e. The van der Waals surface area contributed by atoms with Crippen LogP contribution in [-0.4, -0.2) is 18.4 Å². The predicted octanol–water partition coefficient (Wildman–Crippen LogP) is 3.94. The SMILES string of the molecule is CC(Cc1ccccc1F)C(=O)Nc1ccc2c(c1)N(C(=O)C1CC1)CC2. The van der Waals surface area contributed by atoms with E-state index in [1.807, 2.05) is 23.1 Å². The molecule has 4 nitrogen and oxygen atoms in total. The first-order chi connectivity index (χ1) is 13.0. The van der Waals surface area contributed by atoms with Crippen LogP contribution in [0.3, 0.4) is 0 Å². The van der Waals surface area contributed by atoms with Gasteiger partial charge in [0.2, 0.25) is 11.8 Å². The van der Waals surface area contributed by atoms with Crippen molar-refractivity contribution in [2.75, 3.05) is 16.8 Å². The van der Waals surface area contributed by atoms with E-state index in [9.17, 15) is 14.0 Å². The fourth-order valence-corrected chi connectivity index (χ4v) is 3.59. The topological polar surface area (TPSA) is 49.4 Å². The summed E-state index contributed by atoms with van der Waals surface area (Å²) in [5, 5.41) is 2.92. The third kappa shape index (κ3) is 3.72. The van der Waals surface area contributed by atoms with Gasteiger partial charge < -0.3 is 10.2 Å². The number of amides is 2. The summed E-state index contributed by atoms with van der Waals surface area (Å²) in [7, 11) is 0. The van der Waals surface area contributed by atoms with E-state index in [1.165, 1.54) is 6.07 Å². The summed E-state index contributed by atoms with van der Waals surface area (Å²) in [4.78, 5) is 26.9. The molecule has 1 atom stereocenters. The van der Waals surface area contributed by atoms with Crippen LogP contribution >= 0.6 is 0 Å². The van der Waals surface area contributed by atoms with Crippen molar-refractivity contribution in [1.82, 2.24) is 0 Å². The van der Waals surface area contributed by atoms with Gasteiger partial charge in [0, 0.05) is 29.8 Å². The van der Waals surface area contributed by atoms with Gasteiger partial charge in [-0.25, -0.2) is 4.39 Å². The van der Waals surface area contributed by atoms with E-state index >= 15 is 0 Å². The van der Waals surface area contributed by atoms with Crippen molar-refractivity contribution in [2.24, 2.45) is 11.8 Å². The molecule has 0 bridgehead atoms. The number of fused-ring (bicyclic) bond motifs is 1. The number of carbonyl (C=O) groups excluding carboxylic acids is 2. The third-order valence-corrected chi connectivity index (χ3v) is 5.37. The Labute approximate surface area is 158 Å². The quantitative estimate of drug-likeness (QED) is 0.871. The van der Waals surface area contributed by atoms with Crippen molar-refractivity contribution >= 4 is 23.2 Å². The first-order valence-corrected chi connectivity index (χ1v) is 9.51. The van der Waals surface area contributed by atoms with Crippen molar-refractivity contribution < 1.29 is 14.0 Å². The molecule has 1 heterocycles. The Kier molecular flexibility index (Phi) is 4.68. The highest BCUT2D eigenvalue weighted by atomic mass is 19.1. The van der Waals surface area contributed by atoms with E-state index in [-0.39, 0.29) is 29.5 Å². The second-order valence-corrected chi connectivity index (χ2v) is 7.54. The molecule has 0 spiro atoms. The highest BCUT2D eigenvalue weighted by Gasteiger charge is 2.36. The summed E-state index contributed by atoms with van der Waals surface area (Å²) in [6.07, 6.45) is 3.16. The lowest BCUT2D eigenvalue weighted by atomic mass is 10.00. The van der Waals surface area contributed by atoms with E-state index in [1.54, 1.807) is 25.1 Å². The van der Waals surface area contributed by atoms with E-state index < -0.39 is 0 Å². The van der Waals surface area contributed by atoms with Crippen molar-refractivity contribution in [1.29, 1.82) is 0 Å². The molecule has 140 valence electrons. The number of hydrogen-bond donors (Lipinski definition) is 1. The number of nitrogens with one attached hydrogen (secondary N) is 1. The van der Waals surface area contributed by atoms with Crippen LogP contribution in [0.1, 0.15) is 30.9 Å². The molecular weight excluding hydrogens is 343 g/mol. The lowest BCUT2D eigenvalue weighted by Crippen LogP contribution is -2.30. The van der Waals surface area contributed by atoms with Crippen molar-refractivity contribution in [3.63, 3.8) is 0 Å². The van der Waals surface area contributed by atoms with E-state index in [0.717, 1.165) is 30.5 Å². The summed E-state index contributed by atoms with van der Waals surface area (Å²) in [6, 6.07) is 12.3. The summed E-state index contributed by atoms with van der Waals surface area (Å²) in [5.41, 5.74) is 3.26. The lowest BCUT2D eigenvalue weighted by Gasteiger charge is -2.18. The Morgan fingerprint density at radius 2 is 2.00 bits per heavy atom. The van der Waals surface area contributed by atoms with Crippen molar-refractivity contribution in [2.45, 2.75) is 32.6 Å². The molecule has 1 unspecified atom stereocenters. The molecule has 1 aliphatic carbocycles. The van der Waals surface area contributed by atoms with Gasteiger partial charge in [0.1, 0.15) is 5.82 Å². The smallest absolute Gasteiger partial charge is 0.230 e. The molecule has 1 aliphatic heterocycles. The summed E-state index contributed by atoms with van der Waals surface area (Å²) < 4.78 is 13.8. The molecule has 2 aromatic carbocycles. The second-order valence-electron chi connectivity index (χ2n) is 7.54. The van der Waals surface area contributed by atoms with Crippen LogP contribution in [0, 0.1) is 17.7 Å². The Bertz CT molecular complexity index is 892. The monoisotopic (exact) mass is 366 g/mol. The average molecular weight is 366 g/mol. The van der Waals surface area contributed by atoms with Gasteiger partial charge in [-0.1, -0.05) is 31.2 Å². The summed E-state index contributed by atoms with van der Waals surface area (Å²) >= 11 is 0. The van der Waals surface area contributed by atoms with Crippen LogP contribution < -0.4 is 10.2 Å². The molecule has 2 aliphatic rings. The molecule has 2 amide bonds. The fraction of sp³-hybridized carbons (Fsp3) is 0.364. The number of carbonyl (C=O) groups is 2. The molecule has 0 aromatic heterocycles. The molecule has 0 saturated heterocycles. The van der Waals surface area contributed by atoms with Gasteiger partial charge in [0.15, 0.2) is 0 Å². The number of rotatable bonds is 5. The van der Waals surface area contributed by atoms with Gasteiger partial charge >= 0.3 is 0 Å². The molecular formula is C22H23FN2O2. The zero-order valence-electron chi connectivity index (χ0n) is 15.4. The molecule has 2 aromatic rings. The van der Waals surface area contributed by atoms with Gasteiger partial charge in [-0.3, -0.25) is 9.59 Å². The number of nitrogens with zero attached hydrogens (tertiary/aromatic N) is 1. The zero-order chi connectivity index (χ0) is 19.0. The maximum atomic E-state index is 13.8. The molecule has 27 heavy (non-hydrogen) atoms. The van der Waals surface area contributed by atoms with Crippen LogP contribution in [0.25, 0.3) is 0 Å². The molecule has 0 radical (unpaired) electrons. The van der Waals surface area contributed by atoms with E-state index in [0.29, 0.717) is 24.2 Å². The van der Waals surface area contributed by atoms with E-state index in [4.69, 9.17) is 0 Å². The Balaban J connectivity index is 1.45. The standard InChI is InChI=1S/C22H23FN2O2/c1-14(12-17-4-2-3-5-19(17)23)21(26)24-18-9-8-15-10-11-25(20(15)13-18)22(27)16-6-7-16/h2-5,8-9,13-14,16H,6-7,10-12H2,1H3,(H,24,26). The molecule has 4 rings (SSSR count). The minimum absolute atomic E-state index is 0.156. The average Bonchev–Trinajstić information content (AvgIpc) is 3.43. The highest BCUT2D eigenvalue weighted by Crippen LogP contribution is 2.37. The van der Waals surface area contributed by atoms with Crippen LogP contribution in [-0.2, 0) is 22.4 Å². The number of halogens is 1. The van der Waals surface area contributed by atoms with Gasteiger partial charge in [-0.05, 0) is 55.0 Å². The Morgan fingerprint density at radius 1 is 1.22 bits per heavy atom. The van der Waals surface area contributed by atoms with Crippen molar-refractivity contribution in [3.8, 4) is 0 Å². The van der Waals surface area contributed by atoms with Gasteiger partial charge in [0.25, 0.3) is 0 Å². The van der Waals surface area contributed by atoms with Crippen LogP contribution in [0.5, 0.6) is 0 Å². The Morgan fingerprint density at radius 3 is 2.74 bits per heavy atom. The number of hydrogen-bond acceptors (Lipinski definition) is 2. The largest absolute Gasteiger partial charge is 0.326 e. The first kappa shape index (κ1) is 17.7. The molecule has 5 heteroatoms. The maximum absolute atomic E-state index is 13.8. The summed E-state index contributed by atoms with van der Waals surface area (Å²) in [5.74, 6) is -0.431. The number of anilines is 2. The Hall–Kier alpha value is -2.69. The van der Waals surface area contributed by atoms with E-state index in [2.05, 4.69) is 5.32 Å². The zero-order valence-corrected chi connectivity index (χ0v) is 15.4. The predicted molar refractivity (Wildman–Crippen MR) is 103 cm³/mol. The van der Waals surface area contributed by atoms with Crippen LogP contribution in [0.4, 0.5) is 15.8 Å². The minimum atomic E-state index is -0.362. The van der Waals surface area contributed by atoms with Gasteiger partial charge in [0.05, 0.1) is 0 Å². The molecule has 1 saturated carbocycles.